The Morgan fingerprint density at radius 3 is 1.86 bits per heavy atom. The molecule has 25 nitrogen and oxygen atoms in total. The maximum Gasteiger partial charge on any atom is 0.303 e. The van der Waals surface area contributed by atoms with Crippen molar-refractivity contribution >= 4 is 107 Å². The molecule has 0 saturated carbocycles. The van der Waals surface area contributed by atoms with Crippen LogP contribution < -0.4 is 32.1 Å². The van der Waals surface area contributed by atoms with Crippen molar-refractivity contribution in [1.82, 2.24) is 51.5 Å². The van der Waals surface area contributed by atoms with Gasteiger partial charge in [-0.1, -0.05) is 129 Å². The Morgan fingerprint density at radius 2 is 1.27 bits per heavy atom. The maximum absolute atomic E-state index is 14.4. The maximum atomic E-state index is 14.4. The molecule has 0 radical (unpaired) electrons. The molecule has 7 amide bonds. The Bertz CT molecular complexity index is 3340. The molecule has 538 valence electrons. The number of amides is 7. The van der Waals surface area contributed by atoms with E-state index >= 15 is 0 Å². The standard InChI is InChI=1S/C70H99Br2N11O14S/c1-13-45(6)62(80-68(90)63(44(4)5)82(10)11)70(91)83(12)59(43(2)3)38-60(97-48(9)84)69-79-58(42-98-69)67(89)76-53(36-49-17-15-14-16-18-49)35-46(7)64(86)81-96-41-50-19-22-52(23-20-50)75-65(87)47(8)74-61(85)25-27-92-29-31-94-33-34-95-32-30-93-28-26-73-66(88)51-21-24-54-55(37-51)78-57(40-72)56(39-71)77-54/h14-24,37,42-47,53,59-60,62-63H,13,25-36,38-41H2,1-12H3,(H,73,88)(H,74,85)(H,75,87)(H,76,89)(H,80,90)(H,81,86)/t45-,46-,47-,53+,59?,60+,62-,63?/m0/s1. The number of carbonyl (C=O) groups is 8. The molecule has 2 heterocycles. The van der Waals surface area contributed by atoms with E-state index in [9.17, 15) is 38.4 Å². The first-order valence-corrected chi connectivity index (χ1v) is 36.3. The van der Waals surface area contributed by atoms with Gasteiger partial charge >= 0.3 is 5.97 Å². The minimum atomic E-state index is -0.906. The van der Waals surface area contributed by atoms with Gasteiger partial charge in [-0.3, -0.25) is 48.1 Å². The summed E-state index contributed by atoms with van der Waals surface area (Å²) in [5.74, 6) is -3.88. The van der Waals surface area contributed by atoms with Crippen LogP contribution in [0.4, 0.5) is 5.69 Å². The largest absolute Gasteiger partial charge is 0.455 e. The summed E-state index contributed by atoms with van der Waals surface area (Å²) in [6.07, 6.45) is 0.585. The fourth-order valence-corrected chi connectivity index (χ4v) is 12.5. The van der Waals surface area contributed by atoms with E-state index in [1.54, 1.807) is 73.6 Å². The molecule has 98 heavy (non-hydrogen) atoms. The zero-order valence-electron chi connectivity index (χ0n) is 58.4. The average molecular weight is 1510 g/mol. The number of carbonyl (C=O) groups excluding carboxylic acids is 8. The zero-order valence-corrected chi connectivity index (χ0v) is 62.4. The van der Waals surface area contributed by atoms with Crippen LogP contribution in [0, 0.1) is 23.7 Å². The van der Waals surface area contributed by atoms with E-state index < -0.39 is 65.9 Å². The predicted molar refractivity (Wildman–Crippen MR) is 382 cm³/mol. The van der Waals surface area contributed by atoms with E-state index in [2.05, 4.69) is 78.9 Å². The van der Waals surface area contributed by atoms with Crippen LogP contribution in [0.15, 0.2) is 78.2 Å². The highest BCUT2D eigenvalue weighted by atomic mass is 79.9. The van der Waals surface area contributed by atoms with Crippen molar-refractivity contribution in [1.29, 1.82) is 0 Å². The smallest absolute Gasteiger partial charge is 0.303 e. The van der Waals surface area contributed by atoms with Crippen LogP contribution in [-0.2, 0) is 81.0 Å². The molecule has 0 spiro atoms. The molecule has 3 aromatic carbocycles. The molecule has 2 unspecified atom stereocenters. The summed E-state index contributed by atoms with van der Waals surface area (Å²) in [4.78, 5) is 130. The number of ether oxygens (including phenoxy) is 5. The molecule has 5 aromatic rings. The van der Waals surface area contributed by atoms with Gasteiger partial charge in [0.1, 0.15) is 22.8 Å². The van der Waals surface area contributed by atoms with Crippen LogP contribution in [0.5, 0.6) is 0 Å². The summed E-state index contributed by atoms with van der Waals surface area (Å²) in [5.41, 5.74) is 8.25. The van der Waals surface area contributed by atoms with Crippen molar-refractivity contribution in [2.75, 3.05) is 85.9 Å². The summed E-state index contributed by atoms with van der Waals surface area (Å²) in [6, 6.07) is 18.5. The monoisotopic (exact) mass is 1510 g/mol. The molecule has 28 heteroatoms. The molecule has 0 aliphatic heterocycles. The van der Waals surface area contributed by atoms with E-state index in [0.29, 0.717) is 97.0 Å². The number of fused-ring (bicyclic) bond motifs is 1. The van der Waals surface area contributed by atoms with Crippen LogP contribution in [0.1, 0.15) is 142 Å². The van der Waals surface area contributed by atoms with E-state index in [0.717, 1.165) is 33.8 Å². The topological polar surface area (TPSA) is 309 Å². The Labute approximate surface area is 596 Å². The van der Waals surface area contributed by atoms with Crippen LogP contribution in [0.3, 0.4) is 0 Å². The number of halogens is 2. The van der Waals surface area contributed by atoms with Crippen molar-refractivity contribution in [2.45, 2.75) is 148 Å². The van der Waals surface area contributed by atoms with Gasteiger partial charge < -0.3 is 55.2 Å². The second kappa shape index (κ2) is 42.9. The van der Waals surface area contributed by atoms with Crippen molar-refractivity contribution in [3.05, 3.63) is 117 Å². The van der Waals surface area contributed by atoms with Crippen LogP contribution in [-0.4, -0.2) is 183 Å². The molecule has 0 fully saturated rings. The number of likely N-dealkylation sites (N-methyl/N-ethyl adjacent to an activating group) is 2. The first-order chi connectivity index (χ1) is 46.8. The molecule has 5 rings (SSSR count). The van der Waals surface area contributed by atoms with Crippen LogP contribution in [0.2, 0.25) is 0 Å². The number of alkyl halides is 2. The number of thiazole rings is 1. The highest BCUT2D eigenvalue weighted by Gasteiger charge is 2.38. The van der Waals surface area contributed by atoms with E-state index in [1.807, 2.05) is 90.9 Å². The van der Waals surface area contributed by atoms with E-state index in [1.165, 1.54) is 6.92 Å². The Morgan fingerprint density at radius 1 is 0.643 bits per heavy atom. The Hall–Kier alpha value is -6.89. The van der Waals surface area contributed by atoms with Crippen molar-refractivity contribution in [2.24, 2.45) is 23.7 Å². The van der Waals surface area contributed by atoms with E-state index in [-0.39, 0.29) is 86.2 Å². The first-order valence-electron chi connectivity index (χ1n) is 33.2. The van der Waals surface area contributed by atoms with Gasteiger partial charge in [0, 0.05) is 78.7 Å². The molecule has 2 aromatic heterocycles. The first kappa shape index (κ1) is 81.8. The minimum Gasteiger partial charge on any atom is -0.455 e. The quantitative estimate of drug-likeness (QED) is 0.00922. The minimum absolute atomic E-state index is 0.00105. The van der Waals surface area contributed by atoms with Gasteiger partial charge in [-0.2, -0.15) is 0 Å². The van der Waals surface area contributed by atoms with Gasteiger partial charge in [-0.25, -0.2) is 20.4 Å². The zero-order chi connectivity index (χ0) is 71.8. The molecular formula is C70H99Br2N11O14S. The lowest BCUT2D eigenvalue weighted by atomic mass is 9.92. The number of nitrogens with one attached hydrogen (secondary N) is 6. The lowest BCUT2D eigenvalue weighted by Gasteiger charge is -2.37. The van der Waals surface area contributed by atoms with Gasteiger partial charge in [0.15, 0.2) is 6.10 Å². The average Bonchev–Trinajstić information content (AvgIpc) is 0.955. The van der Waals surface area contributed by atoms with Crippen molar-refractivity contribution in [3.63, 3.8) is 0 Å². The van der Waals surface area contributed by atoms with Gasteiger partial charge in [0.05, 0.1) is 87.9 Å². The molecule has 6 N–H and O–H groups in total. The second-order valence-electron chi connectivity index (χ2n) is 25.0. The summed E-state index contributed by atoms with van der Waals surface area (Å²) < 4.78 is 28.1. The summed E-state index contributed by atoms with van der Waals surface area (Å²) in [7, 11) is 5.38. The third-order valence-electron chi connectivity index (χ3n) is 16.2. The molecule has 8 atom stereocenters. The van der Waals surface area contributed by atoms with Crippen LogP contribution >= 0.6 is 43.2 Å². The lowest BCUT2D eigenvalue weighted by molar-refractivity contribution is -0.149. The number of hydroxylamine groups is 1. The fourth-order valence-electron chi connectivity index (χ4n) is 10.7. The number of aromatic nitrogens is 3. The second-order valence-corrected chi connectivity index (χ2v) is 27.0. The van der Waals surface area contributed by atoms with Gasteiger partial charge in [0.25, 0.3) is 11.8 Å². The number of esters is 1. The molecule has 0 aliphatic carbocycles. The molecule has 0 saturated heterocycles. The van der Waals surface area contributed by atoms with E-state index in [4.69, 9.17) is 28.5 Å². The van der Waals surface area contributed by atoms with Crippen molar-refractivity contribution in [3.8, 4) is 0 Å². The molecule has 0 bridgehead atoms. The fraction of sp³-hybridized carbons (Fsp3) is 0.557. The predicted octanol–water partition coefficient (Wildman–Crippen LogP) is 8.42. The summed E-state index contributed by atoms with van der Waals surface area (Å²) in [6.45, 7) is 19.1. The van der Waals surface area contributed by atoms with Gasteiger partial charge in [0.2, 0.25) is 29.5 Å². The lowest BCUT2D eigenvalue weighted by Crippen LogP contribution is -2.58. The van der Waals surface area contributed by atoms with Gasteiger partial charge in [-0.15, -0.1) is 11.3 Å². The van der Waals surface area contributed by atoms with Crippen LogP contribution in [0.25, 0.3) is 11.0 Å². The van der Waals surface area contributed by atoms with Gasteiger partial charge in [-0.05, 0) is 93.1 Å². The number of hydrogen-bond donors (Lipinski definition) is 6. The number of anilines is 1. The third-order valence-corrected chi connectivity index (χ3v) is 18.2. The number of nitrogens with zero attached hydrogens (tertiary/aromatic N) is 5. The third kappa shape index (κ3) is 27.3. The highest BCUT2D eigenvalue weighted by molar-refractivity contribution is 9.09. The SMILES string of the molecule is CC[C@H](C)[C@H](NC(=O)C(C(C)C)N(C)C)C(=O)N(C)C(C[C@@H](OC(C)=O)c1nc(C(=O)N[C@@H](Cc2ccccc2)C[C@H](C)C(=O)NOCc2ccc(NC(=O)[C@H](C)NC(=O)CCOCCOCCOCCOCCNC(=O)c3ccc4nc(CBr)c(CBr)nc4c3)cc2)cs1)C(C)C. The van der Waals surface area contributed by atoms with Crippen molar-refractivity contribution < 1.29 is 66.9 Å². The number of benzene rings is 3. The highest BCUT2D eigenvalue weighted by Crippen LogP contribution is 2.32. The summed E-state index contributed by atoms with van der Waals surface area (Å²) in [5, 5.41) is 17.6. The Kier molecular flexibility index (Phi) is 35.8. The normalized spacial score (nSPS) is 14.0. The summed E-state index contributed by atoms with van der Waals surface area (Å²) >= 11 is 8.04. The Balaban J connectivity index is 0.982. The number of rotatable bonds is 44. The molecular weight excluding hydrogens is 1410 g/mol. The number of hydrogen-bond acceptors (Lipinski definition) is 19. The molecule has 0 aliphatic rings.